The summed E-state index contributed by atoms with van der Waals surface area (Å²) in [6.07, 6.45) is 0. The van der Waals surface area contributed by atoms with Crippen LogP contribution in [0.5, 0.6) is 0 Å². The average Bonchev–Trinajstić information content (AvgIpc) is 2.50. The minimum absolute atomic E-state index is 0.00509. The van der Waals surface area contributed by atoms with Gasteiger partial charge in [0.25, 0.3) is 11.8 Å². The fourth-order valence-corrected chi connectivity index (χ4v) is 1.92. The van der Waals surface area contributed by atoms with E-state index in [9.17, 15) is 18.4 Å². The third kappa shape index (κ3) is 4.12. The molecule has 0 heterocycles. The van der Waals surface area contributed by atoms with Crippen molar-refractivity contribution in [3.8, 4) is 0 Å². The van der Waals surface area contributed by atoms with Gasteiger partial charge in [0.15, 0.2) is 0 Å². The number of carbonyl (C=O) groups excluding carboxylic acids is 2. The highest BCUT2D eigenvalue weighted by atomic mass is 19.1. The van der Waals surface area contributed by atoms with E-state index in [0.717, 1.165) is 12.1 Å². The van der Waals surface area contributed by atoms with Crippen LogP contribution in [-0.4, -0.2) is 17.9 Å². The molecule has 0 bridgehead atoms. The zero-order valence-electron chi connectivity index (χ0n) is 12.7. The molecule has 0 saturated heterocycles. The molecule has 2 N–H and O–H groups in total. The number of para-hydroxylation sites is 1. The number of nitrogens with one attached hydrogen (secondary N) is 2. The third-order valence-corrected chi connectivity index (χ3v) is 3.03. The van der Waals surface area contributed by atoms with Gasteiger partial charge in [-0.1, -0.05) is 6.07 Å². The Labute approximate surface area is 132 Å². The van der Waals surface area contributed by atoms with Gasteiger partial charge in [0.05, 0.1) is 0 Å². The lowest BCUT2D eigenvalue weighted by Crippen LogP contribution is -2.30. The number of halogens is 2. The van der Waals surface area contributed by atoms with Gasteiger partial charge in [0.2, 0.25) is 0 Å². The second-order valence-corrected chi connectivity index (χ2v) is 5.26. The van der Waals surface area contributed by atoms with Gasteiger partial charge < -0.3 is 10.6 Å². The lowest BCUT2D eigenvalue weighted by atomic mass is 10.1. The van der Waals surface area contributed by atoms with Crippen molar-refractivity contribution in [3.05, 3.63) is 65.2 Å². The first kappa shape index (κ1) is 16.6. The van der Waals surface area contributed by atoms with Gasteiger partial charge in [-0.15, -0.1) is 0 Å². The number of anilines is 1. The summed E-state index contributed by atoms with van der Waals surface area (Å²) in [5.41, 5.74) is 0.0835. The molecule has 120 valence electrons. The Bertz CT molecular complexity index is 708. The molecule has 0 aromatic heterocycles. The summed E-state index contributed by atoms with van der Waals surface area (Å²) >= 11 is 0. The van der Waals surface area contributed by atoms with Crippen LogP contribution in [0.1, 0.15) is 34.6 Å². The second kappa shape index (κ2) is 7.00. The Balaban J connectivity index is 2.13. The van der Waals surface area contributed by atoms with Crippen LogP contribution < -0.4 is 10.6 Å². The highest BCUT2D eigenvalue weighted by molar-refractivity contribution is 6.05. The van der Waals surface area contributed by atoms with E-state index in [0.29, 0.717) is 5.56 Å². The highest BCUT2D eigenvalue weighted by Gasteiger charge is 2.14. The summed E-state index contributed by atoms with van der Waals surface area (Å²) in [5.74, 6) is -2.63. The number of benzene rings is 2. The van der Waals surface area contributed by atoms with Crippen molar-refractivity contribution < 1.29 is 18.4 Å². The smallest absolute Gasteiger partial charge is 0.255 e. The van der Waals surface area contributed by atoms with Gasteiger partial charge in [0, 0.05) is 17.2 Å². The van der Waals surface area contributed by atoms with Crippen LogP contribution >= 0.6 is 0 Å². The molecule has 0 spiro atoms. The maximum atomic E-state index is 13.5. The lowest BCUT2D eigenvalue weighted by Gasteiger charge is -2.10. The van der Waals surface area contributed by atoms with Crippen LogP contribution in [-0.2, 0) is 0 Å². The first-order valence-corrected chi connectivity index (χ1v) is 7.04. The summed E-state index contributed by atoms with van der Waals surface area (Å²) in [7, 11) is 0. The number of amides is 2. The average molecular weight is 318 g/mol. The number of rotatable bonds is 4. The van der Waals surface area contributed by atoms with E-state index >= 15 is 0 Å². The Morgan fingerprint density at radius 3 is 1.83 bits per heavy atom. The van der Waals surface area contributed by atoms with Gasteiger partial charge in [-0.25, -0.2) is 8.78 Å². The fraction of sp³-hybridized carbons (Fsp3) is 0.176. The minimum atomic E-state index is -0.855. The van der Waals surface area contributed by atoms with Crippen LogP contribution in [0.4, 0.5) is 14.5 Å². The maximum Gasteiger partial charge on any atom is 0.255 e. The Morgan fingerprint density at radius 1 is 0.870 bits per heavy atom. The zero-order valence-corrected chi connectivity index (χ0v) is 12.7. The molecule has 0 aliphatic rings. The van der Waals surface area contributed by atoms with Crippen LogP contribution in [0.15, 0.2) is 42.5 Å². The molecule has 0 unspecified atom stereocenters. The quantitative estimate of drug-likeness (QED) is 0.908. The summed E-state index contributed by atoms with van der Waals surface area (Å²) < 4.78 is 27.0. The van der Waals surface area contributed by atoms with Gasteiger partial charge in [0.1, 0.15) is 17.3 Å². The van der Waals surface area contributed by atoms with Gasteiger partial charge in [-0.2, -0.15) is 0 Å². The molecule has 0 fully saturated rings. The summed E-state index contributed by atoms with van der Waals surface area (Å²) in [4.78, 5) is 23.8. The number of hydrogen-bond donors (Lipinski definition) is 2. The predicted octanol–water partition coefficient (Wildman–Crippen LogP) is 3.36. The number of hydrogen-bond acceptors (Lipinski definition) is 2. The Morgan fingerprint density at radius 2 is 1.35 bits per heavy atom. The van der Waals surface area contributed by atoms with Crippen LogP contribution in [0.3, 0.4) is 0 Å². The van der Waals surface area contributed by atoms with Crippen molar-refractivity contribution in [2.75, 3.05) is 5.32 Å². The molecule has 0 atom stereocenters. The van der Waals surface area contributed by atoms with E-state index in [2.05, 4.69) is 10.6 Å². The summed E-state index contributed by atoms with van der Waals surface area (Å²) in [6, 6.07) is 9.11. The van der Waals surface area contributed by atoms with Gasteiger partial charge in [-0.05, 0) is 50.2 Å². The van der Waals surface area contributed by atoms with Gasteiger partial charge in [-0.3, -0.25) is 9.59 Å². The van der Waals surface area contributed by atoms with Crippen LogP contribution in [0.2, 0.25) is 0 Å². The molecule has 0 saturated carbocycles. The van der Waals surface area contributed by atoms with Gasteiger partial charge >= 0.3 is 0 Å². The van der Waals surface area contributed by atoms with E-state index < -0.39 is 23.2 Å². The molecule has 0 aliphatic carbocycles. The molecule has 2 aromatic carbocycles. The molecular formula is C17H16F2N2O2. The molecular weight excluding hydrogens is 302 g/mol. The first-order valence-electron chi connectivity index (χ1n) is 7.04. The van der Waals surface area contributed by atoms with Crippen LogP contribution in [0.25, 0.3) is 0 Å². The molecule has 0 aliphatic heterocycles. The maximum absolute atomic E-state index is 13.5. The monoisotopic (exact) mass is 318 g/mol. The minimum Gasteiger partial charge on any atom is -0.350 e. The molecule has 6 heteroatoms. The molecule has 23 heavy (non-hydrogen) atoms. The molecule has 2 rings (SSSR count). The lowest BCUT2D eigenvalue weighted by molar-refractivity contribution is 0.0941. The van der Waals surface area contributed by atoms with E-state index in [-0.39, 0.29) is 17.5 Å². The SMILES string of the molecule is CC(C)NC(=O)c1ccc(C(=O)Nc2c(F)cccc2F)cc1. The largest absolute Gasteiger partial charge is 0.350 e. The normalized spacial score (nSPS) is 10.5. The van der Waals surface area contributed by atoms with Crippen molar-refractivity contribution in [1.29, 1.82) is 0 Å². The first-order chi connectivity index (χ1) is 10.9. The van der Waals surface area contributed by atoms with E-state index in [1.54, 1.807) is 0 Å². The summed E-state index contributed by atoms with van der Waals surface area (Å²) in [6.45, 7) is 3.67. The van der Waals surface area contributed by atoms with E-state index in [4.69, 9.17) is 0 Å². The Kier molecular flexibility index (Phi) is 5.05. The zero-order chi connectivity index (χ0) is 17.0. The van der Waals surface area contributed by atoms with Crippen molar-refractivity contribution in [3.63, 3.8) is 0 Å². The molecule has 2 amide bonds. The van der Waals surface area contributed by atoms with Crippen molar-refractivity contribution in [1.82, 2.24) is 5.32 Å². The van der Waals surface area contributed by atoms with Crippen molar-refractivity contribution in [2.45, 2.75) is 19.9 Å². The van der Waals surface area contributed by atoms with Crippen molar-refractivity contribution >= 4 is 17.5 Å². The predicted molar refractivity (Wildman–Crippen MR) is 83.4 cm³/mol. The second-order valence-electron chi connectivity index (χ2n) is 5.26. The molecule has 0 radical (unpaired) electrons. The summed E-state index contributed by atoms with van der Waals surface area (Å²) in [5, 5.41) is 4.91. The topological polar surface area (TPSA) is 58.2 Å². The molecule has 2 aromatic rings. The number of carbonyl (C=O) groups is 2. The highest BCUT2D eigenvalue weighted by Crippen LogP contribution is 2.19. The Hall–Kier alpha value is -2.76. The van der Waals surface area contributed by atoms with Crippen molar-refractivity contribution in [2.24, 2.45) is 0 Å². The third-order valence-electron chi connectivity index (χ3n) is 3.03. The van der Waals surface area contributed by atoms with E-state index in [1.807, 2.05) is 13.8 Å². The van der Waals surface area contributed by atoms with Crippen LogP contribution in [0, 0.1) is 11.6 Å². The van der Waals surface area contributed by atoms with E-state index in [1.165, 1.54) is 30.3 Å². The standard InChI is InChI=1S/C17H16F2N2O2/c1-10(2)20-16(22)11-6-8-12(9-7-11)17(23)21-15-13(18)4-3-5-14(15)19/h3-10H,1-2H3,(H,20,22)(H,21,23). The molecule has 4 nitrogen and oxygen atoms in total. The fourth-order valence-electron chi connectivity index (χ4n) is 1.92.